The summed E-state index contributed by atoms with van der Waals surface area (Å²) in [6.45, 7) is 3.64. The Morgan fingerprint density at radius 3 is 2.58 bits per heavy atom. The Morgan fingerprint density at radius 1 is 1.19 bits per heavy atom. The van der Waals surface area contributed by atoms with Crippen molar-refractivity contribution in [2.75, 3.05) is 23.3 Å². The average molecular weight is 418 g/mol. The maximum atomic E-state index is 13.8. The molecule has 2 heterocycles. The van der Waals surface area contributed by atoms with E-state index in [1.54, 1.807) is 0 Å². The van der Waals surface area contributed by atoms with Crippen LogP contribution in [0.25, 0.3) is 0 Å². The second-order valence-electron chi connectivity index (χ2n) is 7.41. The molecule has 2 aliphatic rings. The van der Waals surface area contributed by atoms with Gasteiger partial charge < -0.3 is 10.2 Å². The Bertz CT molecular complexity index is 856. The van der Waals surface area contributed by atoms with E-state index in [1.165, 1.54) is 25.0 Å². The Balaban J connectivity index is 1.57. The molecule has 0 radical (unpaired) electrons. The van der Waals surface area contributed by atoms with Gasteiger partial charge in [-0.25, -0.2) is 4.98 Å². The number of carbonyl (C=O) groups excluding carboxylic acids is 1. The van der Waals surface area contributed by atoms with Gasteiger partial charge in [-0.15, -0.1) is 0 Å². The lowest BCUT2D eigenvalue weighted by Crippen LogP contribution is -2.36. The molecule has 1 spiro atoms. The highest BCUT2D eigenvalue weighted by atomic mass is 79.9. The van der Waals surface area contributed by atoms with Gasteiger partial charge in [-0.3, -0.25) is 4.79 Å². The number of hydrogen-bond acceptors (Lipinski definition) is 3. The van der Waals surface area contributed by atoms with Crippen molar-refractivity contribution in [3.8, 4) is 0 Å². The summed E-state index contributed by atoms with van der Waals surface area (Å²) in [5.41, 5.74) is 2.71. The molecule has 2 fully saturated rings. The van der Waals surface area contributed by atoms with Gasteiger partial charge in [-0.2, -0.15) is 4.39 Å². The molecule has 1 N–H and O–H groups in total. The molecule has 1 saturated heterocycles. The van der Waals surface area contributed by atoms with E-state index in [-0.39, 0.29) is 5.91 Å². The Hall–Kier alpha value is -1.95. The fraction of sp³-hybridized carbons (Fsp3) is 0.400. The van der Waals surface area contributed by atoms with Crippen molar-refractivity contribution in [2.24, 2.45) is 5.41 Å². The Kier molecular flexibility index (Phi) is 4.47. The first kappa shape index (κ1) is 17.5. The number of amides is 1. The number of hydrogen-bond donors (Lipinski definition) is 1. The summed E-state index contributed by atoms with van der Waals surface area (Å²) >= 11 is 3.47. The molecule has 1 amide bonds. The quantitative estimate of drug-likeness (QED) is 0.720. The molecule has 0 bridgehead atoms. The van der Waals surface area contributed by atoms with Crippen LogP contribution in [0.4, 0.5) is 15.9 Å². The highest BCUT2D eigenvalue weighted by molar-refractivity contribution is 9.10. The standard InChI is InChI=1S/C20H21BrFN3O/c1-13-2-3-14(12-16(13)21)23-19(26)15-4-5-17(22)24-18(15)25-10-8-20(6-7-20)9-11-25/h2-5,12H,6-11H2,1H3,(H,23,26). The van der Waals surface area contributed by atoms with E-state index in [4.69, 9.17) is 0 Å². The van der Waals surface area contributed by atoms with Crippen molar-refractivity contribution in [1.82, 2.24) is 4.98 Å². The first-order chi connectivity index (χ1) is 12.5. The summed E-state index contributed by atoms with van der Waals surface area (Å²) in [6.07, 6.45) is 4.79. The van der Waals surface area contributed by atoms with Gasteiger partial charge in [0.1, 0.15) is 5.82 Å². The Morgan fingerprint density at radius 2 is 1.92 bits per heavy atom. The number of aryl methyl sites for hydroxylation is 1. The van der Waals surface area contributed by atoms with Crippen LogP contribution in [0.15, 0.2) is 34.8 Å². The predicted molar refractivity (Wildman–Crippen MR) is 104 cm³/mol. The van der Waals surface area contributed by atoms with Gasteiger partial charge >= 0.3 is 0 Å². The SMILES string of the molecule is Cc1ccc(NC(=O)c2ccc(F)nc2N2CCC3(CC2)CC3)cc1Br. The number of nitrogens with one attached hydrogen (secondary N) is 1. The minimum absolute atomic E-state index is 0.269. The van der Waals surface area contributed by atoms with Crippen LogP contribution in [-0.4, -0.2) is 24.0 Å². The van der Waals surface area contributed by atoms with E-state index >= 15 is 0 Å². The Labute approximate surface area is 160 Å². The third-order valence-corrected chi connectivity index (χ3v) is 6.45. The van der Waals surface area contributed by atoms with E-state index in [1.807, 2.05) is 30.0 Å². The van der Waals surface area contributed by atoms with Crippen molar-refractivity contribution in [3.63, 3.8) is 0 Å². The van der Waals surface area contributed by atoms with Gasteiger partial charge in [-0.05, 0) is 67.9 Å². The van der Waals surface area contributed by atoms with E-state index < -0.39 is 5.95 Å². The molecule has 1 aromatic heterocycles. The molecule has 1 aliphatic heterocycles. The number of anilines is 2. The fourth-order valence-corrected chi connectivity index (χ4v) is 3.96. The van der Waals surface area contributed by atoms with Crippen LogP contribution in [0, 0.1) is 18.3 Å². The van der Waals surface area contributed by atoms with E-state index in [2.05, 4.69) is 26.2 Å². The zero-order valence-electron chi connectivity index (χ0n) is 14.7. The van der Waals surface area contributed by atoms with Crippen molar-refractivity contribution in [3.05, 3.63) is 51.9 Å². The number of pyridine rings is 1. The van der Waals surface area contributed by atoms with Crippen LogP contribution in [0.5, 0.6) is 0 Å². The lowest BCUT2D eigenvalue weighted by Gasteiger charge is -2.33. The molecule has 4 rings (SSSR count). The smallest absolute Gasteiger partial charge is 0.259 e. The molecule has 26 heavy (non-hydrogen) atoms. The normalized spacial score (nSPS) is 18.0. The molecule has 4 nitrogen and oxygen atoms in total. The second kappa shape index (κ2) is 6.65. The summed E-state index contributed by atoms with van der Waals surface area (Å²) in [4.78, 5) is 18.9. The zero-order chi connectivity index (χ0) is 18.3. The monoisotopic (exact) mass is 417 g/mol. The molecular weight excluding hydrogens is 397 g/mol. The van der Waals surface area contributed by atoms with Crippen molar-refractivity contribution < 1.29 is 9.18 Å². The van der Waals surface area contributed by atoms with E-state index in [0.29, 0.717) is 22.5 Å². The van der Waals surface area contributed by atoms with Crippen LogP contribution in [0.3, 0.4) is 0 Å². The van der Waals surface area contributed by atoms with E-state index in [9.17, 15) is 9.18 Å². The maximum Gasteiger partial charge on any atom is 0.259 e. The lowest BCUT2D eigenvalue weighted by molar-refractivity contribution is 0.102. The number of halogens is 2. The molecule has 1 aromatic carbocycles. The highest BCUT2D eigenvalue weighted by Crippen LogP contribution is 2.53. The number of benzene rings is 1. The van der Waals surface area contributed by atoms with Crippen LogP contribution in [-0.2, 0) is 0 Å². The maximum absolute atomic E-state index is 13.8. The molecule has 1 saturated carbocycles. The third-order valence-electron chi connectivity index (χ3n) is 5.60. The molecule has 6 heteroatoms. The fourth-order valence-electron chi connectivity index (χ4n) is 3.58. The lowest BCUT2D eigenvalue weighted by atomic mass is 9.93. The van der Waals surface area contributed by atoms with Crippen LogP contribution in [0.2, 0.25) is 0 Å². The average Bonchev–Trinajstić information content (AvgIpc) is 3.38. The summed E-state index contributed by atoms with van der Waals surface area (Å²) in [5.74, 6) is -0.375. The number of carbonyl (C=O) groups is 1. The largest absolute Gasteiger partial charge is 0.356 e. The van der Waals surface area contributed by atoms with Crippen LogP contribution in [0.1, 0.15) is 41.6 Å². The third kappa shape index (κ3) is 3.47. The minimum atomic E-state index is -0.554. The topological polar surface area (TPSA) is 45.2 Å². The summed E-state index contributed by atoms with van der Waals surface area (Å²) in [7, 11) is 0. The van der Waals surface area contributed by atoms with Crippen LogP contribution < -0.4 is 10.2 Å². The first-order valence-corrected chi connectivity index (χ1v) is 9.74. The number of nitrogens with zero attached hydrogens (tertiary/aromatic N) is 2. The van der Waals surface area contributed by atoms with E-state index in [0.717, 1.165) is 36.0 Å². The molecule has 0 unspecified atom stereocenters. The van der Waals surface area contributed by atoms with Gasteiger partial charge in [0.05, 0.1) is 5.56 Å². The molecule has 136 valence electrons. The molecule has 2 aromatic rings. The van der Waals surface area contributed by atoms with Gasteiger partial charge in [0.2, 0.25) is 5.95 Å². The second-order valence-corrected chi connectivity index (χ2v) is 8.26. The predicted octanol–water partition coefficient (Wildman–Crippen LogP) is 4.92. The number of piperidine rings is 1. The van der Waals surface area contributed by atoms with Gasteiger partial charge in [0, 0.05) is 23.2 Å². The number of rotatable bonds is 3. The van der Waals surface area contributed by atoms with Gasteiger partial charge in [0.15, 0.2) is 0 Å². The zero-order valence-corrected chi connectivity index (χ0v) is 16.3. The summed E-state index contributed by atoms with van der Waals surface area (Å²) < 4.78 is 14.7. The molecular formula is C20H21BrFN3O. The van der Waals surface area contributed by atoms with Crippen LogP contribution >= 0.6 is 15.9 Å². The van der Waals surface area contributed by atoms with Crippen molar-refractivity contribution in [2.45, 2.75) is 32.6 Å². The summed E-state index contributed by atoms with van der Waals surface area (Å²) in [6, 6.07) is 8.42. The highest BCUT2D eigenvalue weighted by Gasteiger charge is 2.44. The first-order valence-electron chi connectivity index (χ1n) is 8.95. The number of aromatic nitrogens is 1. The molecule has 1 aliphatic carbocycles. The van der Waals surface area contributed by atoms with Gasteiger partial charge in [-0.1, -0.05) is 22.0 Å². The summed E-state index contributed by atoms with van der Waals surface area (Å²) in [5, 5.41) is 2.90. The van der Waals surface area contributed by atoms with Crippen molar-refractivity contribution >= 4 is 33.3 Å². The van der Waals surface area contributed by atoms with Gasteiger partial charge in [0.25, 0.3) is 5.91 Å². The van der Waals surface area contributed by atoms with Crippen molar-refractivity contribution in [1.29, 1.82) is 0 Å². The molecule has 0 atom stereocenters. The minimum Gasteiger partial charge on any atom is -0.356 e.